The van der Waals surface area contributed by atoms with Crippen LogP contribution in [0.4, 0.5) is 4.79 Å². The summed E-state index contributed by atoms with van der Waals surface area (Å²) in [5.41, 5.74) is 1.03. The Bertz CT molecular complexity index is 554. The van der Waals surface area contributed by atoms with Crippen molar-refractivity contribution in [3.8, 4) is 0 Å². The molecule has 3 atom stereocenters. The summed E-state index contributed by atoms with van der Waals surface area (Å²) in [6.07, 6.45) is 8.81. The fourth-order valence-corrected chi connectivity index (χ4v) is 5.15. The molecule has 2 saturated carbocycles. The molecular formula is C17H25N3OS. The van der Waals surface area contributed by atoms with Crippen LogP contribution < -0.4 is 5.32 Å². The number of piperidine rings is 1. The van der Waals surface area contributed by atoms with Crippen molar-refractivity contribution in [2.75, 3.05) is 6.54 Å². The standard InChI is InChI=1S/C17H25N3OS/c1-11(14-10-22-16(19-14)13-7-8-13)18-17(21)20-9-3-5-12-4-2-6-15(12)20/h10-13,15H,2-9H2,1H3,(H,18,21)/t11-,12-,15+/m0/s1. The van der Waals surface area contributed by atoms with E-state index < -0.39 is 0 Å². The third-order valence-corrected chi connectivity index (χ3v) is 6.53. The van der Waals surface area contributed by atoms with Crippen molar-refractivity contribution in [2.45, 2.75) is 69.9 Å². The Balaban J connectivity index is 1.39. The molecule has 1 saturated heterocycles. The minimum Gasteiger partial charge on any atom is -0.330 e. The van der Waals surface area contributed by atoms with Gasteiger partial charge in [-0.2, -0.15) is 0 Å². The molecule has 0 radical (unpaired) electrons. The number of nitrogens with zero attached hydrogens (tertiary/aromatic N) is 2. The molecule has 4 nitrogen and oxygen atoms in total. The van der Waals surface area contributed by atoms with Crippen molar-refractivity contribution >= 4 is 17.4 Å². The van der Waals surface area contributed by atoms with Crippen LogP contribution in [0.2, 0.25) is 0 Å². The summed E-state index contributed by atoms with van der Waals surface area (Å²) in [6, 6.07) is 0.613. The maximum absolute atomic E-state index is 12.7. The van der Waals surface area contributed by atoms with E-state index in [0.717, 1.165) is 24.6 Å². The Morgan fingerprint density at radius 1 is 1.32 bits per heavy atom. The van der Waals surface area contributed by atoms with Gasteiger partial charge in [-0.1, -0.05) is 6.42 Å². The number of carbonyl (C=O) groups excluding carboxylic acids is 1. The third-order valence-electron chi connectivity index (χ3n) is 5.50. The number of amides is 2. The quantitative estimate of drug-likeness (QED) is 0.913. The molecule has 0 bridgehead atoms. The largest absolute Gasteiger partial charge is 0.330 e. The number of aromatic nitrogens is 1. The van der Waals surface area contributed by atoms with Crippen molar-refractivity contribution in [1.82, 2.24) is 15.2 Å². The number of hydrogen-bond donors (Lipinski definition) is 1. The molecule has 2 amide bonds. The highest BCUT2D eigenvalue weighted by Crippen LogP contribution is 2.42. The zero-order valence-electron chi connectivity index (χ0n) is 13.3. The minimum absolute atomic E-state index is 0.0121. The van der Waals surface area contributed by atoms with Gasteiger partial charge < -0.3 is 10.2 Å². The van der Waals surface area contributed by atoms with Gasteiger partial charge in [0.05, 0.1) is 16.7 Å². The molecule has 1 aromatic heterocycles. The van der Waals surface area contributed by atoms with Crippen LogP contribution in [0.1, 0.15) is 74.5 Å². The van der Waals surface area contributed by atoms with Gasteiger partial charge in [0.15, 0.2) is 0 Å². The molecular weight excluding hydrogens is 294 g/mol. The summed E-state index contributed by atoms with van der Waals surface area (Å²) in [7, 11) is 0. The van der Waals surface area contributed by atoms with Gasteiger partial charge in [0, 0.05) is 23.9 Å². The van der Waals surface area contributed by atoms with Crippen LogP contribution in [0.3, 0.4) is 0 Å². The lowest BCUT2D eigenvalue weighted by Crippen LogP contribution is -2.50. The van der Waals surface area contributed by atoms with Gasteiger partial charge in [-0.05, 0) is 51.4 Å². The molecule has 1 aromatic rings. The van der Waals surface area contributed by atoms with E-state index in [-0.39, 0.29) is 12.1 Å². The first-order valence-corrected chi connectivity index (χ1v) is 9.63. The molecule has 3 aliphatic rings. The first-order valence-electron chi connectivity index (χ1n) is 8.75. The van der Waals surface area contributed by atoms with Gasteiger partial charge in [0.1, 0.15) is 0 Å². The number of nitrogens with one attached hydrogen (secondary N) is 1. The molecule has 0 unspecified atom stereocenters. The van der Waals surface area contributed by atoms with Crippen LogP contribution in [-0.2, 0) is 0 Å². The number of rotatable bonds is 3. The Hall–Kier alpha value is -1.10. The van der Waals surface area contributed by atoms with Crippen LogP contribution >= 0.6 is 11.3 Å². The molecule has 3 fully saturated rings. The van der Waals surface area contributed by atoms with Crippen LogP contribution in [0.25, 0.3) is 0 Å². The maximum atomic E-state index is 12.7. The van der Waals surface area contributed by atoms with Crippen LogP contribution in [0.15, 0.2) is 5.38 Å². The lowest BCUT2D eigenvalue weighted by atomic mass is 9.92. The molecule has 2 aliphatic carbocycles. The minimum atomic E-state index is 0.0121. The van der Waals surface area contributed by atoms with Gasteiger partial charge in [-0.15, -0.1) is 11.3 Å². The Morgan fingerprint density at radius 2 is 2.14 bits per heavy atom. The molecule has 0 spiro atoms. The van der Waals surface area contributed by atoms with E-state index in [1.165, 1.54) is 43.5 Å². The second-order valence-corrected chi connectivity index (χ2v) is 8.04. The molecule has 0 aromatic carbocycles. The highest BCUT2D eigenvalue weighted by atomic mass is 32.1. The number of likely N-dealkylation sites (tertiary alicyclic amines) is 1. The fourth-order valence-electron chi connectivity index (χ4n) is 4.07. The van der Waals surface area contributed by atoms with E-state index >= 15 is 0 Å². The maximum Gasteiger partial charge on any atom is 0.318 e. The van der Waals surface area contributed by atoms with Crippen molar-refractivity contribution in [2.24, 2.45) is 5.92 Å². The number of hydrogen-bond acceptors (Lipinski definition) is 3. The van der Waals surface area contributed by atoms with Gasteiger partial charge in [-0.3, -0.25) is 0 Å². The van der Waals surface area contributed by atoms with Crippen molar-refractivity contribution in [3.05, 3.63) is 16.1 Å². The molecule has 22 heavy (non-hydrogen) atoms. The summed E-state index contributed by atoms with van der Waals surface area (Å²) in [4.78, 5) is 19.5. The Morgan fingerprint density at radius 3 is 2.95 bits per heavy atom. The van der Waals surface area contributed by atoms with E-state index in [2.05, 4.69) is 22.5 Å². The molecule has 5 heteroatoms. The highest BCUT2D eigenvalue weighted by molar-refractivity contribution is 7.09. The van der Waals surface area contributed by atoms with Gasteiger partial charge in [0.2, 0.25) is 0 Å². The Kier molecular flexibility index (Phi) is 3.84. The van der Waals surface area contributed by atoms with Gasteiger partial charge >= 0.3 is 6.03 Å². The highest BCUT2D eigenvalue weighted by Gasteiger charge is 2.37. The second-order valence-electron chi connectivity index (χ2n) is 7.15. The van der Waals surface area contributed by atoms with Gasteiger partial charge in [0.25, 0.3) is 0 Å². The predicted octanol–water partition coefficient (Wildman–Crippen LogP) is 4.06. The number of fused-ring (bicyclic) bond motifs is 1. The summed E-state index contributed by atoms with van der Waals surface area (Å²) >= 11 is 1.75. The topological polar surface area (TPSA) is 45.2 Å². The van der Waals surface area contributed by atoms with Crippen molar-refractivity contribution < 1.29 is 4.79 Å². The summed E-state index contributed by atoms with van der Waals surface area (Å²) in [5, 5.41) is 6.56. The lowest BCUT2D eigenvalue weighted by molar-refractivity contribution is 0.126. The van der Waals surface area contributed by atoms with Crippen molar-refractivity contribution in [1.29, 1.82) is 0 Å². The third kappa shape index (κ3) is 2.75. The van der Waals surface area contributed by atoms with E-state index in [1.807, 2.05) is 0 Å². The zero-order chi connectivity index (χ0) is 15.1. The molecule has 4 rings (SSSR count). The predicted molar refractivity (Wildman–Crippen MR) is 88.1 cm³/mol. The van der Waals surface area contributed by atoms with E-state index in [9.17, 15) is 4.79 Å². The summed E-state index contributed by atoms with van der Waals surface area (Å²) in [5.74, 6) is 1.44. The fraction of sp³-hybridized carbons (Fsp3) is 0.765. The average molecular weight is 319 g/mol. The zero-order valence-corrected chi connectivity index (χ0v) is 14.1. The summed E-state index contributed by atoms with van der Waals surface area (Å²) < 4.78 is 0. The number of urea groups is 1. The van der Waals surface area contributed by atoms with E-state index in [1.54, 1.807) is 11.3 Å². The summed E-state index contributed by atoms with van der Waals surface area (Å²) in [6.45, 7) is 2.98. The van der Waals surface area contributed by atoms with Crippen LogP contribution in [-0.4, -0.2) is 28.5 Å². The van der Waals surface area contributed by atoms with E-state index in [0.29, 0.717) is 12.0 Å². The first-order chi connectivity index (χ1) is 10.7. The monoisotopic (exact) mass is 319 g/mol. The first kappa shape index (κ1) is 14.5. The van der Waals surface area contributed by atoms with Gasteiger partial charge in [-0.25, -0.2) is 9.78 Å². The second kappa shape index (κ2) is 5.84. The normalized spacial score (nSPS) is 29.2. The van der Waals surface area contributed by atoms with Crippen molar-refractivity contribution in [3.63, 3.8) is 0 Å². The smallest absolute Gasteiger partial charge is 0.318 e. The molecule has 1 aliphatic heterocycles. The van der Waals surface area contributed by atoms with E-state index in [4.69, 9.17) is 4.98 Å². The SMILES string of the molecule is C[C@H](NC(=O)N1CCC[C@@H]2CCC[C@H]21)c1csc(C2CC2)n1. The number of thiazole rings is 1. The van der Waals surface area contributed by atoms with Crippen LogP contribution in [0.5, 0.6) is 0 Å². The molecule has 2 heterocycles. The molecule has 120 valence electrons. The van der Waals surface area contributed by atoms with Crippen LogP contribution in [0, 0.1) is 5.92 Å². The number of carbonyl (C=O) groups is 1. The lowest BCUT2D eigenvalue weighted by Gasteiger charge is -2.38. The molecule has 1 N–H and O–H groups in total. The Labute approximate surface area is 136 Å². The average Bonchev–Trinajstić information content (AvgIpc) is 3.06.